The number of H-pyrrole nitrogens is 1. The first-order valence-electron chi connectivity index (χ1n) is 8.27. The average Bonchev–Trinajstić information content (AvgIpc) is 3.08. The van der Waals surface area contributed by atoms with Crippen molar-refractivity contribution in [2.75, 3.05) is 24.9 Å². The Morgan fingerprint density at radius 2 is 1.69 bits per heavy atom. The highest BCUT2D eigenvalue weighted by molar-refractivity contribution is 9.10. The Hall–Kier alpha value is -3.04. The Bertz CT molecular complexity index is 1050. The van der Waals surface area contributed by atoms with E-state index in [2.05, 4.69) is 36.8 Å². The van der Waals surface area contributed by atoms with Crippen LogP contribution in [0.25, 0.3) is 0 Å². The molecule has 0 atom stereocenters. The van der Waals surface area contributed by atoms with Crippen LogP contribution in [0.3, 0.4) is 0 Å². The van der Waals surface area contributed by atoms with Crippen LogP contribution in [0, 0.1) is 0 Å². The van der Waals surface area contributed by atoms with E-state index in [4.69, 9.17) is 21.1 Å². The molecule has 0 unspecified atom stereocenters. The molecule has 3 aromatic rings. The molecule has 0 saturated carbocycles. The van der Waals surface area contributed by atoms with E-state index in [9.17, 15) is 9.59 Å². The zero-order valence-corrected chi connectivity index (χ0v) is 17.7. The van der Waals surface area contributed by atoms with Crippen molar-refractivity contribution < 1.29 is 19.1 Å². The van der Waals surface area contributed by atoms with Crippen LogP contribution in [0.5, 0.6) is 11.5 Å². The van der Waals surface area contributed by atoms with Gasteiger partial charge in [0.05, 0.1) is 29.3 Å². The summed E-state index contributed by atoms with van der Waals surface area (Å²) >= 11 is 9.33. The van der Waals surface area contributed by atoms with Crippen molar-refractivity contribution in [1.29, 1.82) is 0 Å². The van der Waals surface area contributed by atoms with E-state index < -0.39 is 11.8 Å². The second kappa shape index (κ2) is 8.97. The summed E-state index contributed by atoms with van der Waals surface area (Å²) in [5.41, 5.74) is 0.814. The number of hydrogen-bond donors (Lipinski definition) is 3. The molecule has 0 bridgehead atoms. The topological polar surface area (TPSA) is 105 Å². The molecule has 0 spiro atoms. The first-order chi connectivity index (χ1) is 13.9. The van der Waals surface area contributed by atoms with E-state index in [1.54, 1.807) is 42.5 Å². The molecule has 2 amide bonds. The first-order valence-corrected chi connectivity index (χ1v) is 9.44. The van der Waals surface area contributed by atoms with Gasteiger partial charge in [-0.15, -0.1) is 0 Å². The maximum Gasteiger partial charge on any atom is 0.277 e. The Morgan fingerprint density at radius 3 is 2.31 bits per heavy atom. The van der Waals surface area contributed by atoms with E-state index in [-0.39, 0.29) is 11.5 Å². The predicted octanol–water partition coefficient (Wildman–Crippen LogP) is 4.35. The molecule has 0 saturated heterocycles. The summed E-state index contributed by atoms with van der Waals surface area (Å²) in [7, 11) is 3.03. The maximum atomic E-state index is 12.6. The average molecular weight is 480 g/mol. The minimum absolute atomic E-state index is 0.0567. The molecular formula is C19H16BrClN4O4. The second-order valence-corrected chi connectivity index (χ2v) is 6.95. The van der Waals surface area contributed by atoms with Crippen LogP contribution >= 0.6 is 27.5 Å². The number of carbonyl (C=O) groups excluding carboxylic acids is 2. The number of aromatic nitrogens is 2. The van der Waals surface area contributed by atoms with E-state index in [1.807, 2.05) is 0 Å². The van der Waals surface area contributed by atoms with E-state index in [0.717, 1.165) is 0 Å². The molecule has 3 N–H and O–H groups in total. The Balaban J connectivity index is 1.78. The lowest BCUT2D eigenvalue weighted by Gasteiger charge is -2.09. The lowest BCUT2D eigenvalue weighted by molar-refractivity contribution is 0.101. The van der Waals surface area contributed by atoms with Crippen LogP contribution < -0.4 is 20.1 Å². The number of carbonyl (C=O) groups is 2. The van der Waals surface area contributed by atoms with Gasteiger partial charge >= 0.3 is 0 Å². The maximum absolute atomic E-state index is 12.6. The number of ether oxygens (including phenoxy) is 2. The molecule has 2 aromatic carbocycles. The zero-order valence-electron chi connectivity index (χ0n) is 15.4. The third-order valence-corrected chi connectivity index (χ3v) is 4.99. The van der Waals surface area contributed by atoms with E-state index >= 15 is 0 Å². The zero-order chi connectivity index (χ0) is 21.0. The fourth-order valence-electron chi connectivity index (χ4n) is 2.46. The molecule has 3 rings (SSSR count). The third-order valence-electron chi connectivity index (χ3n) is 3.89. The van der Waals surface area contributed by atoms with Crippen LogP contribution in [-0.4, -0.2) is 36.2 Å². The summed E-state index contributed by atoms with van der Waals surface area (Å²) < 4.78 is 10.7. The van der Waals surface area contributed by atoms with Gasteiger partial charge in [0.2, 0.25) is 0 Å². The number of benzene rings is 2. The standard InChI is InChI=1S/C19H16BrClN4O4/c1-28-11-7-10(8-12(9-11)29-2)22-19(27)16-15(20)17(25-24-16)23-18(26)13-5-3-4-6-14(13)21/h3-9H,1-2H3,(H,22,27)(H2,23,24,25,26). The highest BCUT2D eigenvalue weighted by Gasteiger charge is 2.21. The number of hydrogen-bond acceptors (Lipinski definition) is 5. The Morgan fingerprint density at radius 1 is 1.03 bits per heavy atom. The summed E-state index contributed by atoms with van der Waals surface area (Å²) in [4.78, 5) is 25.0. The molecule has 0 fully saturated rings. The van der Waals surface area contributed by atoms with Gasteiger partial charge in [0, 0.05) is 23.9 Å². The lowest BCUT2D eigenvalue weighted by Crippen LogP contribution is -2.14. The smallest absolute Gasteiger partial charge is 0.277 e. The molecule has 10 heteroatoms. The van der Waals surface area contributed by atoms with Gasteiger partial charge in [0.25, 0.3) is 11.8 Å². The molecule has 1 heterocycles. The third kappa shape index (κ3) is 4.69. The number of halogens is 2. The summed E-state index contributed by atoms with van der Waals surface area (Å²) in [6.45, 7) is 0. The lowest BCUT2D eigenvalue weighted by atomic mass is 10.2. The van der Waals surface area contributed by atoms with Crippen molar-refractivity contribution in [3.63, 3.8) is 0 Å². The van der Waals surface area contributed by atoms with Crippen LogP contribution in [0.1, 0.15) is 20.8 Å². The number of nitrogens with zero attached hydrogens (tertiary/aromatic N) is 1. The number of amides is 2. The monoisotopic (exact) mass is 478 g/mol. The van der Waals surface area contributed by atoms with Crippen LogP contribution in [-0.2, 0) is 0 Å². The highest BCUT2D eigenvalue weighted by Crippen LogP contribution is 2.28. The van der Waals surface area contributed by atoms with Crippen molar-refractivity contribution in [2.45, 2.75) is 0 Å². The number of methoxy groups -OCH3 is 2. The molecule has 0 radical (unpaired) electrons. The minimum Gasteiger partial charge on any atom is -0.497 e. The molecule has 150 valence electrons. The SMILES string of the molecule is COc1cc(NC(=O)c2n[nH]c(NC(=O)c3ccccc3Cl)c2Br)cc(OC)c1. The molecule has 8 nitrogen and oxygen atoms in total. The largest absolute Gasteiger partial charge is 0.497 e. The molecule has 0 aliphatic heterocycles. The second-order valence-electron chi connectivity index (χ2n) is 5.75. The van der Waals surface area contributed by atoms with Gasteiger partial charge < -0.3 is 20.1 Å². The Labute approximate surface area is 179 Å². The number of anilines is 2. The van der Waals surface area contributed by atoms with Crippen molar-refractivity contribution in [3.05, 3.63) is 63.2 Å². The quantitative estimate of drug-likeness (QED) is 0.487. The van der Waals surface area contributed by atoms with E-state index in [1.165, 1.54) is 14.2 Å². The van der Waals surface area contributed by atoms with Gasteiger partial charge in [0.1, 0.15) is 17.3 Å². The summed E-state index contributed by atoms with van der Waals surface area (Å²) in [6.07, 6.45) is 0. The van der Waals surface area contributed by atoms with Gasteiger partial charge in [-0.1, -0.05) is 23.7 Å². The van der Waals surface area contributed by atoms with Gasteiger partial charge in [-0.3, -0.25) is 14.7 Å². The highest BCUT2D eigenvalue weighted by atomic mass is 79.9. The molecule has 29 heavy (non-hydrogen) atoms. The number of aromatic amines is 1. The molecule has 0 aliphatic carbocycles. The number of nitrogens with one attached hydrogen (secondary N) is 3. The molecular weight excluding hydrogens is 464 g/mol. The number of rotatable bonds is 6. The normalized spacial score (nSPS) is 10.3. The van der Waals surface area contributed by atoms with Gasteiger partial charge in [-0.25, -0.2) is 0 Å². The van der Waals surface area contributed by atoms with Crippen molar-refractivity contribution in [3.8, 4) is 11.5 Å². The van der Waals surface area contributed by atoms with E-state index in [0.29, 0.717) is 32.2 Å². The van der Waals surface area contributed by atoms with Crippen LogP contribution in [0.2, 0.25) is 5.02 Å². The fourth-order valence-corrected chi connectivity index (χ4v) is 3.14. The summed E-state index contributed by atoms with van der Waals surface area (Å²) in [5.74, 6) is 0.330. The van der Waals surface area contributed by atoms with Crippen LogP contribution in [0.4, 0.5) is 11.5 Å². The van der Waals surface area contributed by atoms with Crippen molar-refractivity contribution >= 4 is 50.9 Å². The van der Waals surface area contributed by atoms with Crippen molar-refractivity contribution in [2.24, 2.45) is 0 Å². The molecule has 1 aromatic heterocycles. The summed E-state index contributed by atoms with van der Waals surface area (Å²) in [5, 5.41) is 12.3. The Kier molecular flexibility index (Phi) is 6.40. The van der Waals surface area contributed by atoms with Gasteiger partial charge in [0.15, 0.2) is 5.69 Å². The minimum atomic E-state index is -0.498. The molecule has 0 aliphatic rings. The summed E-state index contributed by atoms with van der Waals surface area (Å²) in [6, 6.07) is 11.6. The van der Waals surface area contributed by atoms with Crippen molar-refractivity contribution in [1.82, 2.24) is 10.2 Å². The van der Waals surface area contributed by atoms with Crippen LogP contribution in [0.15, 0.2) is 46.9 Å². The van der Waals surface area contributed by atoms with Gasteiger partial charge in [-0.05, 0) is 28.1 Å². The predicted molar refractivity (Wildman–Crippen MR) is 113 cm³/mol. The van der Waals surface area contributed by atoms with Gasteiger partial charge in [-0.2, -0.15) is 5.10 Å². The fraction of sp³-hybridized carbons (Fsp3) is 0.105. The first kappa shape index (κ1) is 20.7.